The molecule has 2 aromatic heterocycles. The predicted octanol–water partition coefficient (Wildman–Crippen LogP) is 4.36. The van der Waals surface area contributed by atoms with Crippen LogP contribution in [0, 0.1) is 0 Å². The maximum atomic E-state index is 12.8. The molecule has 1 atom stereocenters. The van der Waals surface area contributed by atoms with E-state index in [9.17, 15) is 4.79 Å². The zero-order valence-corrected chi connectivity index (χ0v) is 13.8. The van der Waals surface area contributed by atoms with Gasteiger partial charge in [0.2, 0.25) is 0 Å². The lowest BCUT2D eigenvalue weighted by Gasteiger charge is -2.09. The summed E-state index contributed by atoms with van der Waals surface area (Å²) < 4.78 is 2.03. The minimum absolute atomic E-state index is 0.102. The van der Waals surface area contributed by atoms with Crippen molar-refractivity contribution < 1.29 is 0 Å². The summed E-state index contributed by atoms with van der Waals surface area (Å²) >= 11 is 0. The van der Waals surface area contributed by atoms with E-state index in [0.29, 0.717) is 5.52 Å². The molecule has 0 spiro atoms. The van der Waals surface area contributed by atoms with Crippen LogP contribution in [-0.2, 0) is 0 Å². The summed E-state index contributed by atoms with van der Waals surface area (Å²) in [7, 11) is 0. The Hall–Kier alpha value is -2.88. The van der Waals surface area contributed by atoms with E-state index >= 15 is 0 Å². The second-order valence-electron chi connectivity index (χ2n) is 6.15. The minimum atomic E-state index is -0.102. The van der Waals surface area contributed by atoms with Gasteiger partial charge in [0.05, 0.1) is 11.0 Å². The molecule has 4 heteroatoms. The number of aromatic nitrogens is 3. The van der Waals surface area contributed by atoms with E-state index in [1.807, 2.05) is 59.0 Å². The number of hydrogen-bond donors (Lipinski definition) is 1. The molecule has 4 aromatic rings. The fourth-order valence-corrected chi connectivity index (χ4v) is 3.16. The molecule has 2 aromatic carbocycles. The molecule has 0 saturated carbocycles. The number of hydrogen-bond acceptors (Lipinski definition) is 2. The van der Waals surface area contributed by atoms with Crippen molar-refractivity contribution >= 4 is 16.6 Å². The topological polar surface area (TPSA) is 50.2 Å². The Morgan fingerprint density at radius 2 is 1.79 bits per heavy atom. The lowest BCUT2D eigenvalue weighted by atomic mass is 10.1. The van der Waals surface area contributed by atoms with E-state index in [1.165, 1.54) is 0 Å². The number of nitrogens with one attached hydrogen (secondary N) is 1. The van der Waals surface area contributed by atoms with Crippen LogP contribution < -0.4 is 5.56 Å². The smallest absolute Gasteiger partial charge is 0.275 e. The van der Waals surface area contributed by atoms with Gasteiger partial charge in [0.25, 0.3) is 5.56 Å². The molecule has 0 bridgehead atoms. The number of imidazole rings is 1. The van der Waals surface area contributed by atoms with E-state index in [1.54, 1.807) is 0 Å². The van der Waals surface area contributed by atoms with Crippen LogP contribution in [0.5, 0.6) is 0 Å². The Labute approximate surface area is 139 Å². The van der Waals surface area contributed by atoms with Gasteiger partial charge >= 0.3 is 0 Å². The molecule has 1 N–H and O–H groups in total. The quantitative estimate of drug-likeness (QED) is 0.610. The van der Waals surface area contributed by atoms with E-state index in [0.717, 1.165) is 34.5 Å². The van der Waals surface area contributed by atoms with E-state index in [2.05, 4.69) is 18.8 Å². The van der Waals surface area contributed by atoms with E-state index in [4.69, 9.17) is 4.98 Å². The first kappa shape index (κ1) is 14.7. The average Bonchev–Trinajstić information content (AvgIpc) is 3.03. The zero-order valence-electron chi connectivity index (χ0n) is 13.8. The first-order valence-electron chi connectivity index (χ1n) is 8.29. The summed E-state index contributed by atoms with van der Waals surface area (Å²) in [5, 5.41) is 0. The molecule has 0 fully saturated rings. The molecule has 2 heterocycles. The van der Waals surface area contributed by atoms with Crippen molar-refractivity contribution in [2.45, 2.75) is 26.2 Å². The maximum Gasteiger partial charge on any atom is 0.275 e. The van der Waals surface area contributed by atoms with Crippen molar-refractivity contribution in [1.82, 2.24) is 14.4 Å². The van der Waals surface area contributed by atoms with Crippen LogP contribution in [0.3, 0.4) is 0 Å². The first-order chi connectivity index (χ1) is 11.7. The van der Waals surface area contributed by atoms with Crippen LogP contribution in [0.1, 0.15) is 32.0 Å². The third-order valence-electron chi connectivity index (χ3n) is 4.61. The van der Waals surface area contributed by atoms with Gasteiger partial charge in [-0.2, -0.15) is 0 Å². The molecule has 4 nitrogen and oxygen atoms in total. The summed E-state index contributed by atoms with van der Waals surface area (Å²) in [6, 6.07) is 17.8. The number of para-hydroxylation sites is 2. The van der Waals surface area contributed by atoms with E-state index < -0.39 is 0 Å². The lowest BCUT2D eigenvalue weighted by molar-refractivity contribution is 0.680. The normalized spacial score (nSPS) is 12.8. The van der Waals surface area contributed by atoms with Crippen LogP contribution in [0.2, 0.25) is 0 Å². The fraction of sp³-hybridized carbons (Fsp3) is 0.200. The van der Waals surface area contributed by atoms with Crippen LogP contribution in [0.15, 0.2) is 59.4 Å². The van der Waals surface area contributed by atoms with Gasteiger partial charge in [-0.15, -0.1) is 0 Å². The van der Waals surface area contributed by atoms with Gasteiger partial charge in [0.1, 0.15) is 17.0 Å². The van der Waals surface area contributed by atoms with Crippen molar-refractivity contribution in [3.05, 3.63) is 70.8 Å². The van der Waals surface area contributed by atoms with Crippen LogP contribution in [0.25, 0.3) is 27.8 Å². The Bertz CT molecular complexity index is 1080. The van der Waals surface area contributed by atoms with Gasteiger partial charge in [-0.1, -0.05) is 56.3 Å². The summed E-state index contributed by atoms with van der Waals surface area (Å²) in [6.45, 7) is 4.29. The monoisotopic (exact) mass is 317 g/mol. The second kappa shape index (κ2) is 5.64. The van der Waals surface area contributed by atoms with Crippen molar-refractivity contribution in [1.29, 1.82) is 0 Å². The van der Waals surface area contributed by atoms with Crippen LogP contribution >= 0.6 is 0 Å². The Morgan fingerprint density at radius 1 is 1.08 bits per heavy atom. The third-order valence-corrected chi connectivity index (χ3v) is 4.61. The second-order valence-corrected chi connectivity index (χ2v) is 6.15. The van der Waals surface area contributed by atoms with Crippen molar-refractivity contribution in [3.63, 3.8) is 0 Å². The highest BCUT2D eigenvalue weighted by Crippen LogP contribution is 2.29. The van der Waals surface area contributed by atoms with Gasteiger partial charge in [-0.05, 0) is 18.6 Å². The number of benzene rings is 2. The molecular weight excluding hydrogens is 298 g/mol. The molecule has 0 radical (unpaired) electrons. The molecular formula is C20H19N3O. The van der Waals surface area contributed by atoms with Crippen molar-refractivity contribution in [3.8, 4) is 11.3 Å². The number of H-pyrrole nitrogens is 1. The first-order valence-corrected chi connectivity index (χ1v) is 8.29. The average molecular weight is 317 g/mol. The summed E-state index contributed by atoms with van der Waals surface area (Å²) in [4.78, 5) is 20.7. The van der Waals surface area contributed by atoms with Gasteiger partial charge in [0, 0.05) is 11.5 Å². The van der Waals surface area contributed by atoms with Crippen LogP contribution in [0.4, 0.5) is 0 Å². The van der Waals surface area contributed by atoms with Crippen molar-refractivity contribution in [2.75, 3.05) is 0 Å². The number of nitrogens with zero attached hydrogens (tertiary/aromatic N) is 2. The van der Waals surface area contributed by atoms with Gasteiger partial charge < -0.3 is 4.98 Å². The van der Waals surface area contributed by atoms with E-state index in [-0.39, 0.29) is 11.5 Å². The molecule has 0 aliphatic rings. The summed E-state index contributed by atoms with van der Waals surface area (Å²) in [5.41, 5.74) is 4.04. The number of aromatic amines is 1. The molecule has 24 heavy (non-hydrogen) atoms. The lowest BCUT2D eigenvalue weighted by Crippen LogP contribution is -2.12. The largest absolute Gasteiger partial charge is 0.319 e. The highest BCUT2D eigenvalue weighted by molar-refractivity contribution is 5.85. The Balaban J connectivity index is 2.20. The van der Waals surface area contributed by atoms with Crippen LogP contribution in [-0.4, -0.2) is 14.4 Å². The highest BCUT2D eigenvalue weighted by atomic mass is 16.1. The number of fused-ring (bicyclic) bond motifs is 3. The predicted molar refractivity (Wildman–Crippen MR) is 97.5 cm³/mol. The molecule has 4 rings (SSSR count). The molecule has 0 aliphatic carbocycles. The maximum absolute atomic E-state index is 12.8. The zero-order chi connectivity index (χ0) is 16.7. The molecule has 0 saturated heterocycles. The molecule has 120 valence electrons. The molecule has 0 amide bonds. The SMILES string of the molecule is CCC(C)c1nc(-c2ccccc2)c2c(=O)[nH]c3ccccc3n12. The summed E-state index contributed by atoms with van der Waals surface area (Å²) in [5.74, 6) is 1.20. The van der Waals surface area contributed by atoms with Gasteiger partial charge in [-0.25, -0.2) is 4.98 Å². The Kier molecular flexibility index (Phi) is 3.45. The highest BCUT2D eigenvalue weighted by Gasteiger charge is 2.20. The standard InChI is InChI=1S/C20H19N3O/c1-3-13(2)19-22-17(14-9-5-4-6-10-14)18-20(24)21-15-11-7-8-12-16(15)23(18)19/h4-13H,3H2,1-2H3,(H,21,24). The molecule has 0 aliphatic heterocycles. The van der Waals surface area contributed by atoms with Gasteiger partial charge in [0.15, 0.2) is 0 Å². The summed E-state index contributed by atoms with van der Waals surface area (Å²) in [6.07, 6.45) is 0.967. The minimum Gasteiger partial charge on any atom is -0.319 e. The molecule has 1 unspecified atom stereocenters. The third kappa shape index (κ3) is 2.14. The number of rotatable bonds is 3. The fourth-order valence-electron chi connectivity index (χ4n) is 3.16. The Morgan fingerprint density at radius 3 is 2.54 bits per heavy atom. The van der Waals surface area contributed by atoms with Crippen molar-refractivity contribution in [2.24, 2.45) is 0 Å². The van der Waals surface area contributed by atoms with Gasteiger partial charge in [-0.3, -0.25) is 9.20 Å².